The van der Waals surface area contributed by atoms with Crippen LogP contribution in [0.3, 0.4) is 0 Å². The zero-order chi connectivity index (χ0) is 71.8. The first-order valence-corrected chi connectivity index (χ1v) is 69.1. The topological polar surface area (TPSA) is 120 Å². The first-order chi connectivity index (χ1) is 42.9. The Kier molecular flexibility index (Phi) is 66.4. The number of benzene rings is 3. The Morgan fingerprint density at radius 1 is 0.343 bits per heavy atom. The Labute approximate surface area is 630 Å². The molecule has 0 bridgehead atoms. The summed E-state index contributed by atoms with van der Waals surface area (Å²) in [5.74, 6) is 0. The second-order valence-corrected chi connectivity index (χ2v) is 74.3. The van der Waals surface area contributed by atoms with E-state index in [-0.39, 0.29) is 44.6 Å². The van der Waals surface area contributed by atoms with E-state index in [1.807, 2.05) is 41.4 Å². The molecule has 0 saturated carbocycles. The van der Waals surface area contributed by atoms with E-state index in [9.17, 15) is 0 Å². The fourth-order valence-corrected chi connectivity index (χ4v) is 56.3. The number of rotatable bonds is 42. The number of methoxy groups -OCH3 is 3. The molecule has 0 saturated heterocycles. The Morgan fingerprint density at radius 2 is 0.636 bits per heavy atom. The summed E-state index contributed by atoms with van der Waals surface area (Å²) < 4.78 is 75.8. The molecule has 0 aliphatic carbocycles. The van der Waals surface area contributed by atoms with Gasteiger partial charge < -0.3 is 57.2 Å². The third kappa shape index (κ3) is 64.8. The van der Waals surface area contributed by atoms with Gasteiger partial charge in [-0.15, -0.1) is 19.7 Å². The van der Waals surface area contributed by atoms with Crippen molar-refractivity contribution in [2.45, 2.75) is 259 Å². The molecule has 3 aromatic carbocycles. The summed E-state index contributed by atoms with van der Waals surface area (Å²) in [6.07, 6.45) is 3.99. The van der Waals surface area contributed by atoms with E-state index in [0.29, 0.717) is 59.5 Å². The maximum atomic E-state index is 6.97. The van der Waals surface area contributed by atoms with E-state index in [1.54, 1.807) is 21.3 Å². The first kappa shape index (κ1) is 114. The van der Waals surface area contributed by atoms with Crippen molar-refractivity contribution in [3.8, 4) is 0 Å². The highest BCUT2D eigenvalue weighted by molar-refractivity contribution is 6.91. The Bertz CT molecular complexity index is 2470. The minimum atomic E-state index is -2.19. The van der Waals surface area contributed by atoms with Crippen LogP contribution in [-0.4, -0.2) is 163 Å². The van der Waals surface area contributed by atoms with Gasteiger partial charge in [-0.25, -0.2) is 0 Å². The lowest BCUT2D eigenvalue weighted by molar-refractivity contribution is 0.0616. The molecule has 584 valence electrons. The normalized spacial score (nSPS) is 11.9. The third-order valence-corrected chi connectivity index (χ3v) is 52.7. The molecule has 13 nitrogen and oxygen atoms in total. The summed E-state index contributed by atoms with van der Waals surface area (Å²) >= 11 is 0. The van der Waals surface area contributed by atoms with Crippen LogP contribution in [0, 0.1) is 0 Å². The average molecular weight is 1600 g/mol. The SMILES string of the molecule is C.C.C.C.C.C.C=C[Si](C)(C)O[Si](C)(C)O[Si](C)(C)C=C.C=C[Si](C)(C)O[Si](C)(C)O[Si](C)(C)CC[Si](C)(C)O[Si](C)(C)CCc1cccc(COCCOC)c1.C=Cc1cccc(COCCOC)c1.COCCOCc1cccc(CC[Si](C)(C)O[SiH](C)C)c1.C[SiH](C)O[SiH](C)C. The van der Waals surface area contributed by atoms with E-state index < -0.39 is 102 Å². The molecule has 0 heterocycles. The number of hydrogen-bond donors (Lipinski definition) is 0. The van der Waals surface area contributed by atoms with Gasteiger partial charge in [-0.3, -0.25) is 0 Å². The van der Waals surface area contributed by atoms with Crippen LogP contribution in [0.15, 0.2) is 116 Å². The predicted molar refractivity (Wildman–Crippen MR) is 473 cm³/mol. The molecule has 0 atom stereocenters. The summed E-state index contributed by atoms with van der Waals surface area (Å²) in [6, 6.07) is 30.2. The average Bonchev–Trinajstić information content (AvgIpc) is 0.847. The van der Waals surface area contributed by atoms with Crippen molar-refractivity contribution in [3.63, 3.8) is 0 Å². The molecule has 0 fully saturated rings. The van der Waals surface area contributed by atoms with Gasteiger partial charge in [0.25, 0.3) is 0 Å². The second kappa shape index (κ2) is 57.9. The maximum Gasteiger partial charge on any atom is 0.311 e. The van der Waals surface area contributed by atoms with E-state index >= 15 is 0 Å². The quantitative estimate of drug-likeness (QED) is 0.0396. The van der Waals surface area contributed by atoms with Crippen molar-refractivity contribution in [2.75, 3.05) is 61.0 Å². The number of hydrogen-bond acceptors (Lipinski definition) is 13. The van der Waals surface area contributed by atoms with Gasteiger partial charge in [-0.2, -0.15) is 0 Å². The van der Waals surface area contributed by atoms with Gasteiger partial charge in [0.15, 0.2) is 85.3 Å². The summed E-state index contributed by atoms with van der Waals surface area (Å²) in [5, 5.41) is 0. The molecule has 0 unspecified atom stereocenters. The van der Waals surface area contributed by atoms with E-state index in [1.165, 1.54) is 33.9 Å². The van der Waals surface area contributed by atoms with Gasteiger partial charge in [-0.05, 0) is 234 Å². The highest BCUT2D eigenvalue weighted by Crippen LogP contribution is 2.31. The van der Waals surface area contributed by atoms with Crippen molar-refractivity contribution in [2.24, 2.45) is 0 Å². The van der Waals surface area contributed by atoms with Gasteiger partial charge in [0.05, 0.1) is 59.5 Å². The zero-order valence-corrected chi connectivity index (χ0v) is 76.7. The molecule has 99 heavy (non-hydrogen) atoms. The van der Waals surface area contributed by atoms with Crippen molar-refractivity contribution in [1.82, 2.24) is 0 Å². The molecule has 0 radical (unpaired) electrons. The number of aryl methyl sites for hydroxylation is 2. The van der Waals surface area contributed by atoms with Crippen LogP contribution in [0.25, 0.3) is 6.08 Å². The van der Waals surface area contributed by atoms with Crippen LogP contribution in [0.1, 0.15) is 77.9 Å². The summed E-state index contributed by atoms with van der Waals surface area (Å²) in [6.45, 7) is 74.9. The van der Waals surface area contributed by atoms with Crippen molar-refractivity contribution in [1.29, 1.82) is 0 Å². The molecule has 0 N–H and O–H groups in total. The molecule has 0 aliphatic heterocycles. The summed E-state index contributed by atoms with van der Waals surface area (Å²) in [5.41, 5.74) is 13.4. The van der Waals surface area contributed by atoms with Crippen LogP contribution in [0.4, 0.5) is 0 Å². The van der Waals surface area contributed by atoms with E-state index in [2.05, 4.69) is 238 Å². The van der Waals surface area contributed by atoms with Crippen LogP contribution in [-0.2, 0) is 89.9 Å². The first-order valence-electron chi connectivity index (χ1n) is 33.7. The van der Waals surface area contributed by atoms with Gasteiger partial charge in [0.2, 0.25) is 0 Å². The molecule has 0 spiro atoms. The van der Waals surface area contributed by atoms with Crippen LogP contribution in [0.2, 0.25) is 181 Å². The summed E-state index contributed by atoms with van der Waals surface area (Å²) in [4.78, 5) is 0. The lowest BCUT2D eigenvalue weighted by atomic mass is 10.1. The molecule has 0 aliphatic rings. The lowest BCUT2D eigenvalue weighted by Gasteiger charge is -2.39. The Hall–Kier alpha value is -1.30. The minimum Gasteiger partial charge on any atom is -0.461 e. The zero-order valence-electron chi connectivity index (χ0n) is 64.2. The molecule has 3 aromatic rings. The van der Waals surface area contributed by atoms with Crippen molar-refractivity contribution < 1.29 is 57.2 Å². The molecule has 0 amide bonds. The minimum absolute atomic E-state index is 0. The highest BCUT2D eigenvalue weighted by atomic mass is 28.5. The van der Waals surface area contributed by atoms with Crippen LogP contribution < -0.4 is 0 Å². The lowest BCUT2D eigenvalue weighted by Crippen LogP contribution is -2.52. The second-order valence-electron chi connectivity index (χ2n) is 29.4. The van der Waals surface area contributed by atoms with Crippen LogP contribution >= 0.6 is 0 Å². The third-order valence-electron chi connectivity index (χ3n) is 13.8. The molecular weight excluding hydrogens is 1430 g/mol. The molecule has 25 heteroatoms. The number of ether oxygens (including phenoxy) is 6. The molecule has 3 rings (SSSR count). The van der Waals surface area contributed by atoms with Gasteiger partial charge >= 0.3 is 17.1 Å². The smallest absolute Gasteiger partial charge is 0.311 e. The Balaban J connectivity index is -0.000000188. The molecule has 0 aromatic heterocycles. The van der Waals surface area contributed by atoms with Gasteiger partial charge in [0, 0.05) is 21.3 Å². The summed E-state index contributed by atoms with van der Waals surface area (Å²) in [7, 11) is -13.7. The Morgan fingerprint density at radius 3 is 0.939 bits per heavy atom. The monoisotopic (exact) mass is 1590 g/mol. The standard InChI is InChI=1S/C26H54O5Si5.C16H30O3Si2.C12H16O2.C10H24O2Si3.C4H14OSi2.6CH4/c1-13-32(3,4)30-36(11,12)31-35(9,10)22-21-34(7,8)29-33(5,6)20-17-25-15-14-16-26(23-25)24-28-19-18-27-2;1-17-10-11-18-14-16-8-6-7-15(13-16)9-12-21(4,5)19-20(2)3;1-3-11-5-4-6-12(9-11)10-14-8-7-13-2;1-9-13(3,4)11-15(7,8)12-14(5,6)10-2;1-6(2)5-7(3)4;;;;;;/h13-16,23H,1,17-22,24H2,2-12H3;6-8,13,20H,9-12,14H2,1-5H3;3-6,9H,1,7-8,10H2,2H3;9-10H,1-2H2,3-8H3;6-7H,1-4H3;6*1H4. The van der Waals surface area contributed by atoms with E-state index in [4.69, 9.17) is 57.2 Å². The molecular formula is C74H162O13Si12. The van der Waals surface area contributed by atoms with Crippen molar-refractivity contribution in [3.05, 3.63) is 150 Å². The fourth-order valence-electron chi connectivity index (χ4n) is 9.92. The fraction of sp³-hybridized carbons (Fsp3) is 0.649. The van der Waals surface area contributed by atoms with Crippen LogP contribution in [0.5, 0.6) is 0 Å². The van der Waals surface area contributed by atoms with Crippen molar-refractivity contribution >= 4 is 109 Å². The predicted octanol–water partition coefficient (Wildman–Crippen LogP) is 22.1. The van der Waals surface area contributed by atoms with E-state index in [0.717, 1.165) is 36.5 Å². The van der Waals surface area contributed by atoms with Gasteiger partial charge in [-0.1, -0.05) is 141 Å². The van der Waals surface area contributed by atoms with Gasteiger partial charge in [0.1, 0.15) is 0 Å². The largest absolute Gasteiger partial charge is 0.461 e. The highest BCUT2D eigenvalue weighted by Gasteiger charge is 2.41. The maximum absolute atomic E-state index is 6.97.